The summed E-state index contributed by atoms with van der Waals surface area (Å²) in [6.45, 7) is 4.25. The Morgan fingerprint density at radius 2 is 1.87 bits per heavy atom. The first-order chi connectivity index (χ1) is 14.5. The van der Waals surface area contributed by atoms with Crippen molar-refractivity contribution < 1.29 is 18.7 Å². The Labute approximate surface area is 181 Å². The standard InChI is InChI=1S/C24H27NO4S/c1-17(2)14-29-24(27)25-22(23(26)16-30-15-21-8-5-11-28-21)13-18-9-10-19-6-3-4-7-20(19)12-18/h3-12,17,22H,13-16H2,1-2H3,(H,25,27)/t22-/m0/s1. The van der Waals surface area contributed by atoms with E-state index in [1.54, 1.807) is 6.26 Å². The molecule has 30 heavy (non-hydrogen) atoms. The van der Waals surface area contributed by atoms with E-state index in [2.05, 4.69) is 17.4 Å². The highest BCUT2D eigenvalue weighted by molar-refractivity contribution is 7.99. The fourth-order valence-corrected chi connectivity index (χ4v) is 3.89. The van der Waals surface area contributed by atoms with E-state index in [4.69, 9.17) is 9.15 Å². The number of fused-ring (bicyclic) bond motifs is 1. The molecule has 1 amide bonds. The van der Waals surface area contributed by atoms with Crippen molar-refractivity contribution in [1.82, 2.24) is 5.32 Å². The molecule has 0 radical (unpaired) electrons. The summed E-state index contributed by atoms with van der Waals surface area (Å²) < 4.78 is 10.5. The Kier molecular flexibility index (Phi) is 7.97. The quantitative estimate of drug-likeness (QED) is 0.482. The first-order valence-electron chi connectivity index (χ1n) is 10.0. The Balaban J connectivity index is 1.66. The van der Waals surface area contributed by atoms with Crippen molar-refractivity contribution in [3.05, 3.63) is 72.2 Å². The van der Waals surface area contributed by atoms with E-state index in [0.29, 0.717) is 18.8 Å². The van der Waals surface area contributed by atoms with Gasteiger partial charge in [-0.3, -0.25) is 4.79 Å². The van der Waals surface area contributed by atoms with E-state index in [-0.39, 0.29) is 17.5 Å². The number of benzene rings is 2. The average Bonchev–Trinajstić information content (AvgIpc) is 3.25. The van der Waals surface area contributed by atoms with E-state index >= 15 is 0 Å². The molecule has 0 aliphatic heterocycles. The minimum atomic E-state index is -0.644. The number of alkyl carbamates (subject to hydrolysis) is 1. The van der Waals surface area contributed by atoms with Crippen molar-refractivity contribution >= 4 is 34.4 Å². The smallest absolute Gasteiger partial charge is 0.407 e. The highest BCUT2D eigenvalue weighted by atomic mass is 32.2. The first kappa shape index (κ1) is 22.0. The number of hydrogen-bond acceptors (Lipinski definition) is 5. The predicted molar refractivity (Wildman–Crippen MR) is 121 cm³/mol. The van der Waals surface area contributed by atoms with E-state index in [1.165, 1.54) is 11.8 Å². The predicted octanol–water partition coefficient (Wildman–Crippen LogP) is 5.23. The molecule has 158 valence electrons. The van der Waals surface area contributed by atoms with Crippen molar-refractivity contribution in [2.75, 3.05) is 12.4 Å². The summed E-state index contributed by atoms with van der Waals surface area (Å²) in [5, 5.41) is 5.01. The molecule has 0 aliphatic rings. The zero-order valence-electron chi connectivity index (χ0n) is 17.3. The van der Waals surface area contributed by atoms with Gasteiger partial charge in [-0.25, -0.2) is 4.79 Å². The molecule has 1 aromatic heterocycles. The number of nitrogens with one attached hydrogen (secondary N) is 1. The monoisotopic (exact) mass is 425 g/mol. The van der Waals surface area contributed by atoms with Crippen LogP contribution in [0.25, 0.3) is 10.8 Å². The fourth-order valence-electron chi connectivity index (χ4n) is 3.02. The minimum absolute atomic E-state index is 0.0405. The molecule has 0 fully saturated rings. The van der Waals surface area contributed by atoms with Crippen molar-refractivity contribution in [3.63, 3.8) is 0 Å². The molecule has 0 saturated carbocycles. The number of carbonyl (C=O) groups is 2. The van der Waals surface area contributed by atoms with Gasteiger partial charge >= 0.3 is 6.09 Å². The topological polar surface area (TPSA) is 68.5 Å². The van der Waals surface area contributed by atoms with Gasteiger partial charge in [0, 0.05) is 0 Å². The third-order valence-electron chi connectivity index (χ3n) is 4.55. The van der Waals surface area contributed by atoms with Gasteiger partial charge in [0.2, 0.25) is 0 Å². The van der Waals surface area contributed by atoms with Gasteiger partial charge < -0.3 is 14.5 Å². The zero-order chi connectivity index (χ0) is 21.3. The summed E-state index contributed by atoms with van der Waals surface area (Å²) >= 11 is 1.47. The Morgan fingerprint density at radius 1 is 1.07 bits per heavy atom. The maximum Gasteiger partial charge on any atom is 0.407 e. The van der Waals surface area contributed by atoms with Crippen molar-refractivity contribution in [1.29, 1.82) is 0 Å². The molecule has 0 unspecified atom stereocenters. The molecule has 1 heterocycles. The molecule has 0 aliphatic carbocycles. The highest BCUT2D eigenvalue weighted by Crippen LogP contribution is 2.18. The molecule has 5 nitrogen and oxygen atoms in total. The third kappa shape index (κ3) is 6.66. The summed E-state index contributed by atoms with van der Waals surface area (Å²) in [5.74, 6) is 1.90. The van der Waals surface area contributed by atoms with Gasteiger partial charge in [-0.05, 0) is 40.8 Å². The van der Waals surface area contributed by atoms with E-state index in [0.717, 1.165) is 22.1 Å². The lowest BCUT2D eigenvalue weighted by Gasteiger charge is -2.18. The third-order valence-corrected chi connectivity index (χ3v) is 5.53. The van der Waals surface area contributed by atoms with Gasteiger partial charge in [0.15, 0.2) is 5.78 Å². The largest absolute Gasteiger partial charge is 0.468 e. The first-order valence-corrected chi connectivity index (χ1v) is 11.2. The molecule has 3 rings (SSSR count). The fraction of sp³-hybridized carbons (Fsp3) is 0.333. The van der Waals surface area contributed by atoms with Gasteiger partial charge in [-0.2, -0.15) is 0 Å². The Bertz CT molecular complexity index is 968. The molecular formula is C24H27NO4S. The molecule has 0 saturated heterocycles. The van der Waals surface area contributed by atoms with Crippen LogP contribution in [0.1, 0.15) is 25.2 Å². The van der Waals surface area contributed by atoms with Crippen molar-refractivity contribution in [3.8, 4) is 0 Å². The molecule has 2 aromatic carbocycles. The van der Waals surface area contributed by atoms with Crippen LogP contribution < -0.4 is 5.32 Å². The second kappa shape index (κ2) is 10.9. The van der Waals surface area contributed by atoms with Crippen LogP contribution in [0.2, 0.25) is 0 Å². The molecule has 1 atom stereocenters. The highest BCUT2D eigenvalue weighted by Gasteiger charge is 2.22. The van der Waals surface area contributed by atoms with Gasteiger partial charge in [0.05, 0.1) is 30.4 Å². The number of carbonyl (C=O) groups excluding carboxylic acids is 2. The van der Waals surface area contributed by atoms with E-state index in [9.17, 15) is 9.59 Å². The molecule has 1 N–H and O–H groups in total. The van der Waals surface area contributed by atoms with E-state index in [1.807, 2.05) is 56.3 Å². The summed E-state index contributed by atoms with van der Waals surface area (Å²) in [6.07, 6.45) is 1.48. The van der Waals surface area contributed by atoms with Crippen molar-refractivity contribution in [2.45, 2.75) is 32.1 Å². The molecule has 0 spiro atoms. The van der Waals surface area contributed by atoms with E-state index < -0.39 is 12.1 Å². The summed E-state index contributed by atoms with van der Waals surface area (Å²) in [4.78, 5) is 25.1. The molecule has 0 bridgehead atoms. The molecule has 3 aromatic rings. The van der Waals surface area contributed by atoms with Crippen LogP contribution in [0.4, 0.5) is 4.79 Å². The van der Waals surface area contributed by atoms with Crippen LogP contribution in [0.15, 0.2) is 65.3 Å². The van der Waals surface area contributed by atoms with Crippen LogP contribution in [0.3, 0.4) is 0 Å². The second-order valence-corrected chi connectivity index (χ2v) is 8.60. The Hall–Kier alpha value is -2.73. The second-order valence-electron chi connectivity index (χ2n) is 7.61. The number of rotatable bonds is 10. The normalized spacial score (nSPS) is 12.1. The van der Waals surface area contributed by atoms with Gasteiger partial charge in [-0.15, -0.1) is 11.8 Å². The lowest BCUT2D eigenvalue weighted by molar-refractivity contribution is -0.118. The number of thioether (sulfide) groups is 1. The number of ketones is 1. The molecular weight excluding hydrogens is 398 g/mol. The lowest BCUT2D eigenvalue weighted by Crippen LogP contribution is -2.43. The van der Waals surface area contributed by atoms with Crippen LogP contribution >= 0.6 is 11.8 Å². The summed E-state index contributed by atoms with van der Waals surface area (Å²) in [5.41, 5.74) is 0.993. The van der Waals surface area contributed by atoms with Gasteiger partial charge in [0.1, 0.15) is 5.76 Å². The SMILES string of the molecule is CC(C)COC(=O)N[C@@H](Cc1ccc2ccccc2c1)C(=O)CSCc1ccco1. The van der Waals surface area contributed by atoms with Crippen LogP contribution in [0, 0.1) is 5.92 Å². The van der Waals surface area contributed by atoms with Crippen molar-refractivity contribution in [2.24, 2.45) is 5.92 Å². The van der Waals surface area contributed by atoms with Gasteiger partial charge in [0.25, 0.3) is 0 Å². The Morgan fingerprint density at radius 3 is 2.60 bits per heavy atom. The summed E-state index contributed by atoms with van der Waals surface area (Å²) in [6, 6.07) is 17.2. The average molecular weight is 426 g/mol. The maximum atomic E-state index is 12.9. The maximum absolute atomic E-state index is 12.9. The zero-order valence-corrected chi connectivity index (χ0v) is 18.1. The minimum Gasteiger partial charge on any atom is -0.468 e. The van der Waals surface area contributed by atoms with Gasteiger partial charge in [-0.1, -0.05) is 56.3 Å². The number of amides is 1. The number of furan rings is 1. The van der Waals surface area contributed by atoms with Crippen LogP contribution in [-0.2, 0) is 21.7 Å². The lowest BCUT2D eigenvalue weighted by atomic mass is 10.00. The summed E-state index contributed by atoms with van der Waals surface area (Å²) in [7, 11) is 0. The molecule has 6 heteroatoms. The number of Topliss-reactive ketones (excluding diaryl/α,β-unsaturated/α-hetero) is 1. The van der Waals surface area contributed by atoms with Crippen LogP contribution in [0.5, 0.6) is 0 Å². The van der Waals surface area contributed by atoms with Crippen LogP contribution in [-0.4, -0.2) is 30.3 Å². The number of hydrogen-bond donors (Lipinski definition) is 1. The number of ether oxygens (including phenoxy) is 1.